The van der Waals surface area contributed by atoms with Crippen molar-refractivity contribution >= 4 is 27.6 Å². The van der Waals surface area contributed by atoms with E-state index < -0.39 is 5.97 Å². The molecule has 92 valence electrons. The molecule has 1 fully saturated rings. The number of anilines is 1. The summed E-state index contributed by atoms with van der Waals surface area (Å²) in [6.07, 6.45) is 2.61. The molecule has 3 nitrogen and oxygen atoms in total. The Bertz CT molecular complexity index is 443. The van der Waals surface area contributed by atoms with Gasteiger partial charge in [-0.25, -0.2) is 4.79 Å². The van der Waals surface area contributed by atoms with E-state index in [2.05, 4.69) is 34.8 Å². The Balaban J connectivity index is 2.21. The fourth-order valence-electron chi connectivity index (χ4n) is 2.03. The third kappa shape index (κ3) is 2.63. The van der Waals surface area contributed by atoms with Crippen molar-refractivity contribution in [1.82, 2.24) is 0 Å². The maximum atomic E-state index is 10.9. The molecule has 1 aromatic rings. The normalized spacial score (nSPS) is 16.6. The maximum absolute atomic E-state index is 10.9. The summed E-state index contributed by atoms with van der Waals surface area (Å²) in [5.41, 5.74) is 1.36. The number of benzene rings is 1. The first-order chi connectivity index (χ1) is 8.00. The molecule has 2 rings (SSSR count). The van der Waals surface area contributed by atoms with Gasteiger partial charge in [-0.2, -0.15) is 0 Å². The summed E-state index contributed by atoms with van der Waals surface area (Å²) in [5.74, 6) is -0.112. The van der Waals surface area contributed by atoms with Gasteiger partial charge in [0.25, 0.3) is 0 Å². The van der Waals surface area contributed by atoms with Gasteiger partial charge in [-0.3, -0.25) is 0 Å². The lowest BCUT2D eigenvalue weighted by Crippen LogP contribution is -2.30. The SMILES string of the molecule is CC(C1CC1)N(C)c1ccc(C(=O)O)c(Br)c1. The van der Waals surface area contributed by atoms with Crippen molar-refractivity contribution in [2.45, 2.75) is 25.8 Å². The molecule has 0 spiro atoms. The topological polar surface area (TPSA) is 40.5 Å². The predicted octanol–water partition coefficient (Wildman–Crippen LogP) is 3.38. The van der Waals surface area contributed by atoms with Crippen molar-refractivity contribution < 1.29 is 9.90 Å². The third-order valence-electron chi connectivity index (χ3n) is 3.51. The minimum atomic E-state index is -0.902. The standard InChI is InChI=1S/C13H16BrNO2/c1-8(9-3-4-9)15(2)10-5-6-11(13(16)17)12(14)7-10/h5-9H,3-4H2,1-2H3,(H,16,17). The van der Waals surface area contributed by atoms with Gasteiger partial charge in [0.05, 0.1) is 5.56 Å². The van der Waals surface area contributed by atoms with E-state index in [4.69, 9.17) is 5.11 Å². The highest BCUT2D eigenvalue weighted by Crippen LogP contribution is 2.36. The van der Waals surface area contributed by atoms with E-state index in [1.807, 2.05) is 12.1 Å². The van der Waals surface area contributed by atoms with Crippen molar-refractivity contribution in [1.29, 1.82) is 0 Å². The Morgan fingerprint density at radius 1 is 1.53 bits per heavy atom. The van der Waals surface area contributed by atoms with Crippen LogP contribution in [0.5, 0.6) is 0 Å². The molecular weight excluding hydrogens is 282 g/mol. The quantitative estimate of drug-likeness (QED) is 0.926. The predicted molar refractivity (Wildman–Crippen MR) is 71.7 cm³/mol. The molecule has 1 atom stereocenters. The van der Waals surface area contributed by atoms with E-state index in [9.17, 15) is 4.79 Å². The van der Waals surface area contributed by atoms with Gasteiger partial charge in [0.15, 0.2) is 0 Å². The number of aromatic carboxylic acids is 1. The lowest BCUT2D eigenvalue weighted by Gasteiger charge is -2.27. The number of nitrogens with zero attached hydrogens (tertiary/aromatic N) is 1. The zero-order chi connectivity index (χ0) is 12.6. The van der Waals surface area contributed by atoms with Gasteiger partial charge in [0.2, 0.25) is 0 Å². The highest BCUT2D eigenvalue weighted by molar-refractivity contribution is 9.10. The first-order valence-electron chi connectivity index (χ1n) is 5.76. The van der Waals surface area contributed by atoms with Crippen LogP contribution >= 0.6 is 15.9 Å². The smallest absolute Gasteiger partial charge is 0.336 e. The molecule has 1 saturated carbocycles. The average molecular weight is 298 g/mol. The molecule has 4 heteroatoms. The second-order valence-electron chi connectivity index (χ2n) is 4.66. The molecule has 0 aromatic heterocycles. The number of carbonyl (C=O) groups is 1. The second kappa shape index (κ2) is 4.69. The number of carboxylic acid groups (broad SMARTS) is 1. The van der Waals surface area contributed by atoms with Gasteiger partial charge in [-0.05, 0) is 59.8 Å². The van der Waals surface area contributed by atoms with Crippen LogP contribution in [0.3, 0.4) is 0 Å². The molecule has 0 heterocycles. The van der Waals surface area contributed by atoms with Crippen molar-refractivity contribution in [3.8, 4) is 0 Å². The van der Waals surface area contributed by atoms with Crippen LogP contribution in [0.25, 0.3) is 0 Å². The molecular formula is C13H16BrNO2. The monoisotopic (exact) mass is 297 g/mol. The van der Waals surface area contributed by atoms with E-state index in [0.29, 0.717) is 16.1 Å². The van der Waals surface area contributed by atoms with E-state index in [1.165, 1.54) is 12.8 Å². The number of hydrogen-bond acceptors (Lipinski definition) is 2. The molecule has 1 N–H and O–H groups in total. The summed E-state index contributed by atoms with van der Waals surface area (Å²) in [4.78, 5) is 13.1. The van der Waals surface area contributed by atoms with Crippen LogP contribution in [0, 0.1) is 5.92 Å². The van der Waals surface area contributed by atoms with Gasteiger partial charge in [0.1, 0.15) is 0 Å². The Morgan fingerprint density at radius 3 is 2.65 bits per heavy atom. The molecule has 1 unspecified atom stereocenters. The maximum Gasteiger partial charge on any atom is 0.336 e. The van der Waals surface area contributed by atoms with E-state index in [1.54, 1.807) is 6.07 Å². The van der Waals surface area contributed by atoms with Gasteiger partial charge in [-0.15, -0.1) is 0 Å². The lowest BCUT2D eigenvalue weighted by atomic mass is 10.1. The van der Waals surface area contributed by atoms with Crippen LogP contribution in [-0.4, -0.2) is 24.2 Å². The number of hydrogen-bond donors (Lipinski definition) is 1. The first-order valence-corrected chi connectivity index (χ1v) is 6.55. The minimum Gasteiger partial charge on any atom is -0.478 e. The minimum absolute atomic E-state index is 0.307. The van der Waals surface area contributed by atoms with Crippen LogP contribution in [0.2, 0.25) is 0 Å². The average Bonchev–Trinajstić information content (AvgIpc) is 3.10. The molecule has 0 saturated heterocycles. The lowest BCUT2D eigenvalue weighted by molar-refractivity contribution is 0.0696. The summed E-state index contributed by atoms with van der Waals surface area (Å²) in [6, 6.07) is 5.91. The summed E-state index contributed by atoms with van der Waals surface area (Å²) >= 11 is 3.31. The third-order valence-corrected chi connectivity index (χ3v) is 4.16. The van der Waals surface area contributed by atoms with Gasteiger partial charge < -0.3 is 10.0 Å². The van der Waals surface area contributed by atoms with E-state index >= 15 is 0 Å². The van der Waals surface area contributed by atoms with Crippen LogP contribution in [-0.2, 0) is 0 Å². The van der Waals surface area contributed by atoms with Crippen LogP contribution in [0.15, 0.2) is 22.7 Å². The Kier molecular flexibility index (Phi) is 3.43. The largest absolute Gasteiger partial charge is 0.478 e. The first kappa shape index (κ1) is 12.4. The number of carboxylic acids is 1. The summed E-state index contributed by atoms with van der Waals surface area (Å²) in [5, 5.41) is 8.96. The van der Waals surface area contributed by atoms with Gasteiger partial charge in [-0.1, -0.05) is 0 Å². The molecule has 17 heavy (non-hydrogen) atoms. The highest BCUT2D eigenvalue weighted by Gasteiger charge is 2.30. The number of rotatable bonds is 4. The fourth-order valence-corrected chi connectivity index (χ4v) is 2.56. The molecule has 0 amide bonds. The summed E-state index contributed by atoms with van der Waals surface area (Å²) in [6.45, 7) is 2.22. The molecule has 1 aliphatic carbocycles. The van der Waals surface area contributed by atoms with E-state index in [-0.39, 0.29) is 0 Å². The van der Waals surface area contributed by atoms with Crippen molar-refractivity contribution in [2.75, 3.05) is 11.9 Å². The fraction of sp³-hybridized carbons (Fsp3) is 0.462. The molecule has 0 radical (unpaired) electrons. The summed E-state index contributed by atoms with van der Waals surface area (Å²) in [7, 11) is 2.06. The van der Waals surface area contributed by atoms with Gasteiger partial charge in [0, 0.05) is 23.2 Å². The van der Waals surface area contributed by atoms with Crippen molar-refractivity contribution in [3.05, 3.63) is 28.2 Å². The Morgan fingerprint density at radius 2 is 2.18 bits per heavy atom. The van der Waals surface area contributed by atoms with Crippen LogP contribution in [0.1, 0.15) is 30.1 Å². The molecule has 1 aliphatic rings. The number of halogens is 1. The van der Waals surface area contributed by atoms with Gasteiger partial charge >= 0.3 is 5.97 Å². The zero-order valence-electron chi connectivity index (χ0n) is 9.98. The van der Waals surface area contributed by atoms with Crippen LogP contribution in [0.4, 0.5) is 5.69 Å². The zero-order valence-corrected chi connectivity index (χ0v) is 11.6. The Labute approximate surface area is 110 Å². The second-order valence-corrected chi connectivity index (χ2v) is 5.51. The van der Waals surface area contributed by atoms with Crippen LogP contribution < -0.4 is 4.90 Å². The van der Waals surface area contributed by atoms with Crippen molar-refractivity contribution in [3.63, 3.8) is 0 Å². The van der Waals surface area contributed by atoms with Crippen molar-refractivity contribution in [2.24, 2.45) is 5.92 Å². The molecule has 0 bridgehead atoms. The molecule has 1 aromatic carbocycles. The Hall–Kier alpha value is -1.03. The summed E-state index contributed by atoms with van der Waals surface area (Å²) < 4.78 is 0.636. The molecule has 0 aliphatic heterocycles. The highest BCUT2D eigenvalue weighted by atomic mass is 79.9. The van der Waals surface area contributed by atoms with E-state index in [0.717, 1.165) is 11.6 Å².